The van der Waals surface area contributed by atoms with E-state index < -0.39 is 37.2 Å². The van der Waals surface area contributed by atoms with Crippen molar-refractivity contribution in [1.29, 1.82) is 0 Å². The molecule has 17 heteroatoms. The molecule has 0 amide bonds. The first-order valence-electron chi connectivity index (χ1n) is 16.8. The molecule has 0 spiro atoms. The van der Waals surface area contributed by atoms with Gasteiger partial charge < -0.3 is 14.4 Å². The number of hydrazone groups is 1. The van der Waals surface area contributed by atoms with Gasteiger partial charge in [0.15, 0.2) is 5.71 Å². The molecule has 0 saturated heterocycles. The second-order valence-electron chi connectivity index (χ2n) is 13.0. The second-order valence-corrected chi connectivity index (χ2v) is 16.8. The minimum absolute atomic E-state index is 0. The summed E-state index contributed by atoms with van der Waals surface area (Å²) in [6.45, 7) is 11.4. The van der Waals surface area contributed by atoms with Crippen molar-refractivity contribution < 1.29 is 104 Å². The van der Waals surface area contributed by atoms with Crippen LogP contribution in [0.2, 0.25) is 0 Å². The van der Waals surface area contributed by atoms with E-state index >= 15 is 0 Å². The zero-order valence-electron chi connectivity index (χ0n) is 31.1. The molecule has 274 valence electrons. The number of fused-ring (bicyclic) bond motifs is 1. The Hall–Kier alpha value is -0.370. The van der Waals surface area contributed by atoms with Crippen LogP contribution in [0.4, 0.5) is 5.69 Å². The number of hydrogen-bond donors (Lipinski definition) is 0. The summed E-state index contributed by atoms with van der Waals surface area (Å²) in [6, 6.07) is 5.70. The Balaban J connectivity index is 0.00000650. The second kappa shape index (κ2) is 22.2. The van der Waals surface area contributed by atoms with Crippen molar-refractivity contribution in [3.8, 4) is 0 Å². The largest absolute Gasteiger partial charge is 1.00 e. The summed E-state index contributed by atoms with van der Waals surface area (Å²) in [7, 11) is -8.73. The Kier molecular flexibility index (Phi) is 21.2. The number of benzene rings is 1. The van der Waals surface area contributed by atoms with Crippen molar-refractivity contribution in [3.05, 3.63) is 59.8 Å². The van der Waals surface area contributed by atoms with E-state index in [2.05, 4.69) is 34.7 Å². The molecular weight excluding hydrogens is 737 g/mol. The van der Waals surface area contributed by atoms with Crippen LogP contribution in [0.25, 0.3) is 0 Å². The summed E-state index contributed by atoms with van der Waals surface area (Å²) < 4.78 is 75.1. The van der Waals surface area contributed by atoms with Gasteiger partial charge in [-0.2, -0.15) is 14.0 Å². The molecule has 3 rings (SSSR count). The molecule has 0 fully saturated rings. The quantitative estimate of drug-likeness (QED) is 0.0232. The molecule has 0 aromatic heterocycles. The van der Waals surface area contributed by atoms with E-state index in [4.69, 9.17) is 5.10 Å². The fourth-order valence-corrected chi connectivity index (χ4v) is 8.13. The average molecular weight is 786 g/mol. The molecule has 2 aliphatic rings. The van der Waals surface area contributed by atoms with Crippen molar-refractivity contribution in [2.45, 2.75) is 103 Å². The van der Waals surface area contributed by atoms with Crippen LogP contribution in [0, 0.1) is 5.41 Å². The number of hydrogen-bond acceptors (Lipinski definition) is 12. The van der Waals surface area contributed by atoms with Crippen LogP contribution in [0.5, 0.6) is 0 Å². The maximum absolute atomic E-state index is 11.5. The Morgan fingerprint density at radius 2 is 1.59 bits per heavy atom. The molecule has 0 saturated carbocycles. The van der Waals surface area contributed by atoms with Crippen LogP contribution in [0.3, 0.4) is 0 Å². The van der Waals surface area contributed by atoms with Crippen molar-refractivity contribution in [3.63, 3.8) is 0 Å². The minimum atomic E-state index is -4.40. The molecule has 12 nitrogen and oxygen atoms in total. The van der Waals surface area contributed by atoms with Gasteiger partial charge in [0.2, 0.25) is 5.69 Å². The Bertz CT molecular complexity index is 1680. The molecule has 0 bridgehead atoms. The van der Waals surface area contributed by atoms with Gasteiger partial charge in [-0.25, -0.2) is 16.8 Å². The summed E-state index contributed by atoms with van der Waals surface area (Å²) >= 11 is 0.785. The first-order chi connectivity index (χ1) is 23.1. The topological polar surface area (TPSA) is 175 Å². The van der Waals surface area contributed by atoms with E-state index in [1.165, 1.54) is 0 Å². The van der Waals surface area contributed by atoms with Crippen LogP contribution < -0.4 is 64.4 Å². The van der Waals surface area contributed by atoms with Crippen LogP contribution >= 0.6 is 12.0 Å². The molecule has 0 radical (unpaired) electrons. The van der Waals surface area contributed by atoms with Gasteiger partial charge in [0.25, 0.3) is 0 Å². The number of nitrogens with zero attached hydrogens (tertiary/aromatic N) is 3. The van der Waals surface area contributed by atoms with E-state index in [0.717, 1.165) is 85.5 Å². The third-order valence-electron chi connectivity index (χ3n) is 9.33. The summed E-state index contributed by atoms with van der Waals surface area (Å²) in [4.78, 5) is 0.640. The molecule has 2 unspecified atom stereocenters. The normalized spacial score (nSPS) is 21.5. The van der Waals surface area contributed by atoms with Gasteiger partial charge >= 0.3 is 59.1 Å². The van der Waals surface area contributed by atoms with Gasteiger partial charge in [-0.15, -0.1) is 0 Å². The van der Waals surface area contributed by atoms with Crippen LogP contribution in [0.15, 0.2) is 64.3 Å². The Labute approximate surface area is 353 Å². The smallest absolute Gasteiger partial charge is 0.748 e. The van der Waals surface area contributed by atoms with Crippen LogP contribution in [-0.2, 0) is 35.0 Å². The van der Waals surface area contributed by atoms with Crippen LogP contribution in [0.1, 0.15) is 98.0 Å². The van der Waals surface area contributed by atoms with Crippen LogP contribution in [-0.4, -0.2) is 71.5 Å². The van der Waals surface area contributed by atoms with Crippen molar-refractivity contribution in [2.24, 2.45) is 10.5 Å². The van der Waals surface area contributed by atoms with E-state index in [1.807, 2.05) is 62.4 Å². The monoisotopic (exact) mass is 785 g/mol. The summed E-state index contributed by atoms with van der Waals surface area (Å²) in [5.41, 5.74) is 3.71. The fourth-order valence-electron chi connectivity index (χ4n) is 6.75. The molecule has 1 aromatic rings. The summed E-state index contributed by atoms with van der Waals surface area (Å²) in [6.07, 6.45) is 16.4. The van der Waals surface area contributed by atoms with E-state index in [0.29, 0.717) is 17.9 Å². The van der Waals surface area contributed by atoms with Crippen molar-refractivity contribution in [1.82, 2.24) is 5.01 Å². The predicted molar refractivity (Wildman–Crippen MR) is 188 cm³/mol. The molecule has 0 N–H and O–H groups in total. The molecule has 2 aliphatic heterocycles. The molecule has 2 atom stereocenters. The third kappa shape index (κ3) is 14.0. The third-order valence-corrected chi connectivity index (χ3v) is 11.5. The maximum atomic E-state index is 11.5. The van der Waals surface area contributed by atoms with Gasteiger partial charge in [-0.3, -0.25) is 10.0 Å². The van der Waals surface area contributed by atoms with Gasteiger partial charge in [0, 0.05) is 63.9 Å². The molecule has 51 heavy (non-hydrogen) atoms. The molecule has 0 aliphatic carbocycles. The zero-order chi connectivity index (χ0) is 36.3. The van der Waals surface area contributed by atoms with E-state index in [1.54, 1.807) is 5.01 Å². The Morgan fingerprint density at radius 1 is 0.902 bits per heavy atom. The summed E-state index contributed by atoms with van der Waals surface area (Å²) in [5, 5.41) is 20.6. The molecule has 1 aromatic carbocycles. The first kappa shape index (κ1) is 48.6. The van der Waals surface area contributed by atoms with Gasteiger partial charge in [-0.05, 0) is 71.1 Å². The van der Waals surface area contributed by atoms with Gasteiger partial charge in [0.05, 0.1) is 37.7 Å². The zero-order valence-corrected chi connectivity index (χ0v) is 37.5. The van der Waals surface area contributed by atoms with E-state index in [9.17, 15) is 31.2 Å². The number of allylic oxidation sites excluding steroid dienone is 6. The minimum Gasteiger partial charge on any atom is -0.748 e. The first-order valence-corrected chi connectivity index (χ1v) is 20.7. The van der Waals surface area contributed by atoms with Crippen molar-refractivity contribution >= 4 is 49.4 Å². The van der Waals surface area contributed by atoms with Crippen molar-refractivity contribution in [2.75, 3.05) is 24.6 Å². The maximum Gasteiger partial charge on any atom is 1.00 e. The standard InChI is InChI=1S/C34H51N3O9S3.2Na/c1-6-8-9-13-22-36-30-19-18-28(47-46-45-38)26-29(30)34(5,21-14-24-48(39,40)41)31(36)16-11-10-12-17-32-33(4,20-7-2)27(3)35-37(32)23-15-25-49(42,43)44;;/h10-12,16-19,26H,6-9,13-15,20-25H2,1-5H3,(H2-,38,39,40,41,42,43,44);;/q;2*+1/p-2. The number of unbranched alkanes of at least 4 members (excludes halogenated alkanes) is 3. The number of rotatable bonds is 21. The fraction of sp³-hybridized carbons (Fsp3) is 0.588. The van der Waals surface area contributed by atoms with Gasteiger partial charge in [0.1, 0.15) is 6.54 Å². The Morgan fingerprint density at radius 3 is 2.22 bits per heavy atom. The van der Waals surface area contributed by atoms with Gasteiger partial charge in [-0.1, -0.05) is 51.3 Å². The SMILES string of the molecule is CCCCCC[N+]1=C(/C=C/C=C/C=C2\N(CCCS(=O)(=O)[O-])N=C(C)C2(C)CCC)C(C)(CCCS(=O)(=O)[O-])c2cc(SOO[O-])ccc21.[Na+].[Na+]. The molecule has 2 heterocycles. The molecular formula is C34H49N3Na2O9S3. The van der Waals surface area contributed by atoms with E-state index in [-0.39, 0.29) is 77.4 Å². The average Bonchev–Trinajstić information content (AvgIpc) is 3.38. The summed E-state index contributed by atoms with van der Waals surface area (Å²) in [5.74, 6) is -0.931. The predicted octanol–water partition coefficient (Wildman–Crippen LogP) is -0.383.